The molecule has 0 aliphatic heterocycles. The molecule has 18 heavy (non-hydrogen) atoms. The first-order valence-electron chi connectivity index (χ1n) is 6.83. The van der Waals surface area contributed by atoms with E-state index in [2.05, 4.69) is 27.7 Å². The molecule has 0 radical (unpaired) electrons. The Morgan fingerprint density at radius 3 is 2.06 bits per heavy atom. The van der Waals surface area contributed by atoms with Gasteiger partial charge in [-0.3, -0.25) is 9.59 Å². The van der Waals surface area contributed by atoms with Gasteiger partial charge in [-0.15, -0.1) is 0 Å². The predicted octanol–water partition coefficient (Wildman–Crippen LogP) is 3.36. The van der Waals surface area contributed by atoms with Gasteiger partial charge in [-0.25, -0.2) is 0 Å². The van der Waals surface area contributed by atoms with Crippen molar-refractivity contribution < 1.29 is 14.3 Å². The molecule has 1 saturated carbocycles. The Kier molecular flexibility index (Phi) is 4.57. The molecule has 1 aliphatic rings. The molecule has 0 atom stereocenters. The van der Waals surface area contributed by atoms with Crippen LogP contribution in [0.4, 0.5) is 0 Å². The fraction of sp³-hybridized carbons (Fsp3) is 0.867. The molecular formula is C15H26O3. The van der Waals surface area contributed by atoms with Gasteiger partial charge in [0.2, 0.25) is 0 Å². The highest BCUT2D eigenvalue weighted by Crippen LogP contribution is 2.48. The maximum absolute atomic E-state index is 12.2. The molecule has 3 nitrogen and oxygen atoms in total. The molecule has 0 aromatic rings. The van der Waals surface area contributed by atoms with Gasteiger partial charge in [-0.05, 0) is 37.0 Å². The van der Waals surface area contributed by atoms with Crippen molar-refractivity contribution in [1.29, 1.82) is 0 Å². The number of hydrogen-bond acceptors (Lipinski definition) is 3. The lowest BCUT2D eigenvalue weighted by atomic mass is 9.60. The Morgan fingerprint density at radius 1 is 1.11 bits per heavy atom. The molecular weight excluding hydrogens is 228 g/mol. The summed E-state index contributed by atoms with van der Waals surface area (Å²) >= 11 is 0. The van der Waals surface area contributed by atoms with Crippen molar-refractivity contribution in [2.75, 3.05) is 6.61 Å². The first-order chi connectivity index (χ1) is 8.15. The highest BCUT2D eigenvalue weighted by atomic mass is 16.5. The van der Waals surface area contributed by atoms with Crippen LogP contribution in [0.3, 0.4) is 0 Å². The van der Waals surface area contributed by atoms with Gasteiger partial charge in [0.25, 0.3) is 0 Å². The van der Waals surface area contributed by atoms with Crippen LogP contribution in [-0.2, 0) is 14.3 Å². The molecule has 104 valence electrons. The Labute approximate surface area is 110 Å². The summed E-state index contributed by atoms with van der Waals surface area (Å²) in [5.74, 6) is -0.328. The molecule has 0 heterocycles. The zero-order valence-electron chi connectivity index (χ0n) is 12.3. The standard InChI is InChI=1S/C15H26O3/c1-6-18-13(17)7-12(16)11-8-14(2,3)10-15(4,5)9-11/h11H,6-10H2,1-5H3. The monoisotopic (exact) mass is 254 g/mol. The third kappa shape index (κ3) is 4.43. The van der Waals surface area contributed by atoms with Crippen molar-refractivity contribution >= 4 is 11.8 Å². The van der Waals surface area contributed by atoms with E-state index in [1.54, 1.807) is 6.92 Å². The molecule has 0 aromatic heterocycles. The van der Waals surface area contributed by atoms with E-state index in [9.17, 15) is 9.59 Å². The average molecular weight is 254 g/mol. The van der Waals surface area contributed by atoms with E-state index in [1.165, 1.54) is 0 Å². The van der Waals surface area contributed by atoms with E-state index >= 15 is 0 Å². The van der Waals surface area contributed by atoms with Crippen molar-refractivity contribution in [2.24, 2.45) is 16.7 Å². The van der Waals surface area contributed by atoms with Crippen LogP contribution in [0.5, 0.6) is 0 Å². The number of carbonyl (C=O) groups is 2. The maximum Gasteiger partial charge on any atom is 0.313 e. The Balaban J connectivity index is 2.65. The topological polar surface area (TPSA) is 43.4 Å². The first-order valence-corrected chi connectivity index (χ1v) is 6.83. The van der Waals surface area contributed by atoms with Crippen molar-refractivity contribution in [2.45, 2.75) is 60.3 Å². The SMILES string of the molecule is CCOC(=O)CC(=O)C1CC(C)(C)CC(C)(C)C1. The van der Waals surface area contributed by atoms with E-state index in [1.807, 2.05) is 0 Å². The summed E-state index contributed by atoms with van der Waals surface area (Å²) in [6, 6.07) is 0. The van der Waals surface area contributed by atoms with Crippen LogP contribution in [0, 0.1) is 16.7 Å². The molecule has 0 aromatic carbocycles. The summed E-state index contributed by atoms with van der Waals surface area (Å²) in [6.07, 6.45) is 2.83. The predicted molar refractivity (Wildman–Crippen MR) is 71.2 cm³/mol. The second kappa shape index (κ2) is 5.41. The lowest BCUT2D eigenvalue weighted by Gasteiger charge is -2.44. The molecule has 0 amide bonds. The van der Waals surface area contributed by atoms with Gasteiger partial charge in [-0.1, -0.05) is 27.7 Å². The number of ketones is 1. The Morgan fingerprint density at radius 2 is 1.61 bits per heavy atom. The first kappa shape index (κ1) is 15.2. The van der Waals surface area contributed by atoms with Crippen LogP contribution in [0.15, 0.2) is 0 Å². The number of rotatable bonds is 4. The fourth-order valence-corrected chi connectivity index (χ4v) is 3.57. The van der Waals surface area contributed by atoms with Crippen LogP contribution in [0.2, 0.25) is 0 Å². The van der Waals surface area contributed by atoms with Crippen molar-refractivity contribution in [1.82, 2.24) is 0 Å². The number of carbonyl (C=O) groups excluding carboxylic acids is 2. The van der Waals surface area contributed by atoms with Gasteiger partial charge in [-0.2, -0.15) is 0 Å². The number of Topliss-reactive ketones (excluding diaryl/α,β-unsaturated/α-hetero) is 1. The number of esters is 1. The van der Waals surface area contributed by atoms with Crippen LogP contribution in [0.1, 0.15) is 60.3 Å². The molecule has 0 bridgehead atoms. The van der Waals surface area contributed by atoms with Gasteiger partial charge in [0.05, 0.1) is 6.61 Å². The van der Waals surface area contributed by atoms with Crippen LogP contribution in [0.25, 0.3) is 0 Å². The number of ether oxygens (including phenoxy) is 1. The van der Waals surface area contributed by atoms with Gasteiger partial charge in [0, 0.05) is 5.92 Å². The average Bonchev–Trinajstić information content (AvgIpc) is 2.12. The highest BCUT2D eigenvalue weighted by molar-refractivity contribution is 5.96. The second-order valence-electron chi connectivity index (χ2n) is 7.06. The summed E-state index contributed by atoms with van der Waals surface area (Å²) in [4.78, 5) is 23.5. The van der Waals surface area contributed by atoms with Crippen molar-refractivity contribution in [3.63, 3.8) is 0 Å². The smallest absolute Gasteiger partial charge is 0.313 e. The molecule has 3 heteroatoms. The number of hydrogen-bond donors (Lipinski definition) is 0. The van der Waals surface area contributed by atoms with E-state index in [4.69, 9.17) is 4.74 Å². The summed E-state index contributed by atoms with van der Waals surface area (Å²) < 4.78 is 4.85. The molecule has 0 spiro atoms. The van der Waals surface area contributed by atoms with Gasteiger partial charge < -0.3 is 4.74 Å². The minimum Gasteiger partial charge on any atom is -0.466 e. The van der Waals surface area contributed by atoms with E-state index in [0.717, 1.165) is 19.3 Å². The lowest BCUT2D eigenvalue weighted by Crippen LogP contribution is -2.37. The summed E-state index contributed by atoms with van der Waals surface area (Å²) in [7, 11) is 0. The van der Waals surface area contributed by atoms with Crippen molar-refractivity contribution in [3.05, 3.63) is 0 Å². The third-order valence-corrected chi connectivity index (χ3v) is 3.63. The quantitative estimate of drug-likeness (QED) is 0.570. The minimum absolute atomic E-state index is 0.00755. The summed E-state index contributed by atoms with van der Waals surface area (Å²) in [5.41, 5.74) is 0.355. The zero-order valence-corrected chi connectivity index (χ0v) is 12.3. The fourth-order valence-electron chi connectivity index (χ4n) is 3.57. The van der Waals surface area contributed by atoms with E-state index in [-0.39, 0.29) is 34.9 Å². The molecule has 1 aliphatic carbocycles. The van der Waals surface area contributed by atoms with Gasteiger partial charge >= 0.3 is 5.97 Å². The van der Waals surface area contributed by atoms with Gasteiger partial charge in [0.1, 0.15) is 12.2 Å². The van der Waals surface area contributed by atoms with Crippen LogP contribution >= 0.6 is 0 Å². The summed E-state index contributed by atoms with van der Waals surface area (Å²) in [5, 5.41) is 0. The van der Waals surface area contributed by atoms with Crippen LogP contribution in [-0.4, -0.2) is 18.4 Å². The second-order valence-corrected chi connectivity index (χ2v) is 7.06. The van der Waals surface area contributed by atoms with E-state index in [0.29, 0.717) is 6.61 Å². The largest absolute Gasteiger partial charge is 0.466 e. The zero-order chi connectivity index (χ0) is 14.0. The summed E-state index contributed by atoms with van der Waals surface area (Å²) in [6.45, 7) is 10.9. The van der Waals surface area contributed by atoms with Crippen molar-refractivity contribution in [3.8, 4) is 0 Å². The lowest BCUT2D eigenvalue weighted by molar-refractivity contribution is -0.147. The highest BCUT2D eigenvalue weighted by Gasteiger charge is 2.41. The molecule has 0 unspecified atom stereocenters. The molecule has 1 rings (SSSR count). The van der Waals surface area contributed by atoms with Gasteiger partial charge in [0.15, 0.2) is 0 Å². The molecule has 0 saturated heterocycles. The maximum atomic E-state index is 12.2. The molecule has 0 N–H and O–H groups in total. The normalized spacial score (nSPS) is 22.5. The third-order valence-electron chi connectivity index (χ3n) is 3.63. The van der Waals surface area contributed by atoms with E-state index < -0.39 is 0 Å². The Hall–Kier alpha value is -0.860. The van der Waals surface area contributed by atoms with Crippen LogP contribution < -0.4 is 0 Å². The Bertz CT molecular complexity index is 313. The minimum atomic E-state index is -0.385. The molecule has 1 fully saturated rings.